The van der Waals surface area contributed by atoms with Gasteiger partial charge in [-0.05, 0) is 50.0 Å². The lowest BCUT2D eigenvalue weighted by Gasteiger charge is -2.27. The Kier molecular flexibility index (Phi) is 7.62. The molecule has 0 aromatic carbocycles. The predicted molar refractivity (Wildman–Crippen MR) is 95.4 cm³/mol. The van der Waals surface area contributed by atoms with Gasteiger partial charge in [0.15, 0.2) is 0 Å². The molecule has 0 saturated heterocycles. The van der Waals surface area contributed by atoms with E-state index in [0.29, 0.717) is 18.4 Å². The van der Waals surface area contributed by atoms with Crippen molar-refractivity contribution in [2.45, 2.75) is 70.6 Å². The molecule has 6 heteroatoms. The average molecular weight is 355 g/mol. The standard InChI is InChI=1S/C18H30N2O3S/c1-3-4-5-6-7-16-12-19-18(20-13-16)17-10-8-15(9-11-17)14-23-24(2,21)22/h12-13,15,17H,3-11,14H2,1-2H3/t15-,17-. The summed E-state index contributed by atoms with van der Waals surface area (Å²) in [5.74, 6) is 1.66. The topological polar surface area (TPSA) is 69.2 Å². The van der Waals surface area contributed by atoms with Gasteiger partial charge in [0, 0.05) is 18.3 Å². The van der Waals surface area contributed by atoms with Crippen LogP contribution in [0.2, 0.25) is 0 Å². The highest BCUT2D eigenvalue weighted by molar-refractivity contribution is 7.85. The van der Waals surface area contributed by atoms with E-state index >= 15 is 0 Å². The third-order valence-electron chi connectivity index (χ3n) is 4.77. The summed E-state index contributed by atoms with van der Waals surface area (Å²) < 4.78 is 27.0. The highest BCUT2D eigenvalue weighted by atomic mass is 32.2. The minimum Gasteiger partial charge on any atom is -0.270 e. The lowest BCUT2D eigenvalue weighted by molar-refractivity contribution is 0.204. The van der Waals surface area contributed by atoms with E-state index in [4.69, 9.17) is 4.18 Å². The van der Waals surface area contributed by atoms with E-state index < -0.39 is 10.1 Å². The lowest BCUT2D eigenvalue weighted by atomic mass is 9.82. The van der Waals surface area contributed by atoms with Crippen LogP contribution in [0.4, 0.5) is 0 Å². The fourth-order valence-corrected chi connectivity index (χ4v) is 3.71. The first-order valence-electron chi connectivity index (χ1n) is 9.13. The lowest BCUT2D eigenvalue weighted by Crippen LogP contribution is -2.20. The van der Waals surface area contributed by atoms with Crippen molar-refractivity contribution in [2.75, 3.05) is 12.9 Å². The molecule has 0 bridgehead atoms. The molecular weight excluding hydrogens is 324 g/mol. The molecule has 0 spiro atoms. The second-order valence-electron chi connectivity index (χ2n) is 6.97. The van der Waals surface area contributed by atoms with Crippen LogP contribution in [-0.4, -0.2) is 31.2 Å². The number of hydrogen-bond acceptors (Lipinski definition) is 5. The maximum atomic E-state index is 11.1. The Bertz CT molecular complexity index is 579. The molecule has 1 saturated carbocycles. The van der Waals surface area contributed by atoms with Gasteiger partial charge >= 0.3 is 0 Å². The van der Waals surface area contributed by atoms with Gasteiger partial charge < -0.3 is 0 Å². The summed E-state index contributed by atoms with van der Waals surface area (Å²) in [4.78, 5) is 9.15. The van der Waals surface area contributed by atoms with Crippen molar-refractivity contribution in [3.8, 4) is 0 Å². The summed E-state index contributed by atoms with van der Waals surface area (Å²) in [6.07, 6.45) is 15.1. The predicted octanol–water partition coefficient (Wildman–Crippen LogP) is 3.85. The maximum Gasteiger partial charge on any atom is 0.264 e. The Hall–Kier alpha value is -1.01. The Morgan fingerprint density at radius 2 is 1.75 bits per heavy atom. The van der Waals surface area contributed by atoms with E-state index in [0.717, 1.165) is 44.2 Å². The summed E-state index contributed by atoms with van der Waals surface area (Å²) in [6.45, 7) is 2.53. The number of aromatic nitrogens is 2. The van der Waals surface area contributed by atoms with Gasteiger partial charge in [0.05, 0.1) is 12.9 Å². The number of rotatable bonds is 9. The molecule has 0 amide bonds. The minimum atomic E-state index is -3.33. The molecular formula is C18H30N2O3S. The molecule has 1 aliphatic rings. The first-order chi connectivity index (χ1) is 11.5. The van der Waals surface area contributed by atoms with Gasteiger partial charge in [-0.2, -0.15) is 8.42 Å². The molecule has 5 nitrogen and oxygen atoms in total. The fraction of sp³-hybridized carbons (Fsp3) is 0.778. The summed E-state index contributed by atoms with van der Waals surface area (Å²) in [7, 11) is -3.33. The van der Waals surface area contributed by atoms with E-state index in [9.17, 15) is 8.42 Å². The summed E-state index contributed by atoms with van der Waals surface area (Å²) >= 11 is 0. The number of unbranched alkanes of at least 4 members (excludes halogenated alkanes) is 3. The first-order valence-corrected chi connectivity index (χ1v) is 10.9. The van der Waals surface area contributed by atoms with Crippen LogP contribution in [0.15, 0.2) is 12.4 Å². The molecule has 1 aliphatic carbocycles. The maximum absolute atomic E-state index is 11.1. The quantitative estimate of drug-likeness (QED) is 0.498. The molecule has 0 unspecified atom stereocenters. The molecule has 1 aromatic heterocycles. The van der Waals surface area contributed by atoms with Crippen LogP contribution in [0.3, 0.4) is 0 Å². The number of nitrogens with zero attached hydrogens (tertiary/aromatic N) is 2. The molecule has 0 N–H and O–H groups in total. The fourth-order valence-electron chi connectivity index (χ4n) is 3.27. The molecule has 1 aromatic rings. The van der Waals surface area contributed by atoms with Crippen molar-refractivity contribution in [2.24, 2.45) is 5.92 Å². The van der Waals surface area contributed by atoms with Gasteiger partial charge in [0.2, 0.25) is 0 Å². The minimum absolute atomic E-state index is 0.309. The van der Waals surface area contributed by atoms with Crippen molar-refractivity contribution in [1.29, 1.82) is 0 Å². The van der Waals surface area contributed by atoms with Crippen LogP contribution in [0.25, 0.3) is 0 Å². The van der Waals surface area contributed by atoms with Crippen LogP contribution in [-0.2, 0) is 20.7 Å². The van der Waals surface area contributed by atoms with Gasteiger partial charge in [0.25, 0.3) is 10.1 Å². The van der Waals surface area contributed by atoms with Gasteiger partial charge in [-0.3, -0.25) is 4.18 Å². The molecule has 0 aliphatic heterocycles. The summed E-state index contributed by atoms with van der Waals surface area (Å²) in [5, 5.41) is 0. The zero-order chi connectivity index (χ0) is 17.4. The molecule has 1 heterocycles. The van der Waals surface area contributed by atoms with Crippen molar-refractivity contribution in [1.82, 2.24) is 9.97 Å². The smallest absolute Gasteiger partial charge is 0.264 e. The SMILES string of the molecule is CCCCCCc1cnc([C@H]2CC[C@H](COS(C)(=O)=O)CC2)nc1. The summed E-state index contributed by atoms with van der Waals surface area (Å²) in [5.41, 5.74) is 1.23. The van der Waals surface area contributed by atoms with Crippen LogP contribution >= 0.6 is 0 Å². The highest BCUT2D eigenvalue weighted by Crippen LogP contribution is 2.34. The van der Waals surface area contributed by atoms with E-state index in [-0.39, 0.29) is 0 Å². The average Bonchev–Trinajstić information content (AvgIpc) is 2.57. The normalized spacial score (nSPS) is 21.8. The van der Waals surface area contributed by atoms with E-state index in [1.54, 1.807) is 0 Å². The van der Waals surface area contributed by atoms with Crippen molar-refractivity contribution in [3.63, 3.8) is 0 Å². The highest BCUT2D eigenvalue weighted by Gasteiger charge is 2.25. The van der Waals surface area contributed by atoms with Gasteiger partial charge in [0.1, 0.15) is 5.82 Å². The number of aryl methyl sites for hydroxylation is 1. The Morgan fingerprint density at radius 3 is 2.33 bits per heavy atom. The molecule has 1 fully saturated rings. The van der Waals surface area contributed by atoms with Crippen molar-refractivity contribution >= 4 is 10.1 Å². The monoisotopic (exact) mass is 354 g/mol. The van der Waals surface area contributed by atoms with Gasteiger partial charge in [-0.1, -0.05) is 26.2 Å². The van der Waals surface area contributed by atoms with Crippen LogP contribution in [0, 0.1) is 5.92 Å². The molecule has 0 atom stereocenters. The van der Waals surface area contributed by atoms with E-state index in [1.165, 1.54) is 31.2 Å². The van der Waals surface area contributed by atoms with E-state index in [2.05, 4.69) is 16.9 Å². The summed E-state index contributed by atoms with van der Waals surface area (Å²) in [6, 6.07) is 0. The second-order valence-corrected chi connectivity index (χ2v) is 8.61. The molecule has 24 heavy (non-hydrogen) atoms. The van der Waals surface area contributed by atoms with Crippen LogP contribution in [0.5, 0.6) is 0 Å². The van der Waals surface area contributed by atoms with Gasteiger partial charge in [-0.15, -0.1) is 0 Å². The Balaban J connectivity index is 1.75. The second kappa shape index (κ2) is 9.47. The molecule has 136 valence electrons. The largest absolute Gasteiger partial charge is 0.270 e. The number of hydrogen-bond donors (Lipinski definition) is 0. The zero-order valence-electron chi connectivity index (χ0n) is 14.9. The van der Waals surface area contributed by atoms with Crippen molar-refractivity contribution in [3.05, 3.63) is 23.8 Å². The Labute approximate surface area is 146 Å². The molecule has 0 radical (unpaired) electrons. The molecule has 2 rings (SSSR count). The Morgan fingerprint density at radius 1 is 1.08 bits per heavy atom. The van der Waals surface area contributed by atoms with Gasteiger partial charge in [-0.25, -0.2) is 9.97 Å². The zero-order valence-corrected chi connectivity index (χ0v) is 15.7. The van der Waals surface area contributed by atoms with Crippen LogP contribution in [0.1, 0.15) is 75.6 Å². The van der Waals surface area contributed by atoms with E-state index in [1.807, 2.05) is 12.4 Å². The first kappa shape index (κ1) is 19.3. The third-order valence-corrected chi connectivity index (χ3v) is 5.34. The third kappa shape index (κ3) is 6.85. The van der Waals surface area contributed by atoms with Crippen LogP contribution < -0.4 is 0 Å². The van der Waals surface area contributed by atoms with Crippen molar-refractivity contribution < 1.29 is 12.6 Å².